The second-order valence-corrected chi connectivity index (χ2v) is 15.4. The molecule has 40 heavy (non-hydrogen) atoms. The molecule has 0 bridgehead atoms. The van der Waals surface area contributed by atoms with Crippen LogP contribution < -0.4 is 4.90 Å². The molecule has 6 heteroatoms. The third-order valence-corrected chi connectivity index (χ3v) is 14.0. The van der Waals surface area contributed by atoms with E-state index in [0.717, 1.165) is 44.6 Å². The van der Waals surface area contributed by atoms with Gasteiger partial charge in [0.15, 0.2) is 0 Å². The zero-order valence-electron chi connectivity index (χ0n) is 25.5. The number of fused-ring (bicyclic) bond motifs is 7. The molecule has 1 aromatic rings. The molecule has 1 unspecified atom stereocenters. The quantitative estimate of drug-likeness (QED) is 0.228. The van der Waals surface area contributed by atoms with E-state index in [-0.39, 0.29) is 27.3 Å². The van der Waals surface area contributed by atoms with Crippen LogP contribution in [-0.4, -0.2) is 33.7 Å². The number of nitriles is 1. The van der Waals surface area contributed by atoms with Crippen molar-refractivity contribution in [1.29, 1.82) is 5.26 Å². The van der Waals surface area contributed by atoms with Gasteiger partial charge in [-0.1, -0.05) is 32.9 Å². The molecular weight excluding hydrogens is 494 g/mol. The number of carbonyl (C=O) groups excluding carboxylic acids is 1. The highest BCUT2D eigenvalue weighted by molar-refractivity contribution is 5.40. The molecule has 9 atom stereocenters. The normalized spacial score (nSPS) is 45.1. The predicted octanol–water partition coefficient (Wildman–Crippen LogP) is 7.26. The van der Waals surface area contributed by atoms with E-state index in [9.17, 15) is 10.1 Å². The molecule has 6 rings (SSSR count). The average Bonchev–Trinajstić information content (AvgIpc) is 3.29. The molecule has 4 saturated carbocycles. The minimum absolute atomic E-state index is 0.0723. The Bertz CT molecular complexity index is 1290. The molecule has 0 amide bonds. The van der Waals surface area contributed by atoms with Crippen molar-refractivity contribution in [2.45, 2.75) is 110 Å². The van der Waals surface area contributed by atoms with Crippen molar-refractivity contribution in [2.24, 2.45) is 50.8 Å². The summed E-state index contributed by atoms with van der Waals surface area (Å²) in [6.07, 6.45) is 15.7. The Hall–Kier alpha value is -2.51. The lowest BCUT2D eigenvalue weighted by Gasteiger charge is -2.73. The van der Waals surface area contributed by atoms with Crippen molar-refractivity contribution >= 4 is 12.0 Å². The Morgan fingerprint density at radius 2 is 1.70 bits per heavy atom. The van der Waals surface area contributed by atoms with Crippen molar-refractivity contribution in [3.63, 3.8) is 0 Å². The van der Waals surface area contributed by atoms with E-state index >= 15 is 0 Å². The summed E-state index contributed by atoms with van der Waals surface area (Å²) in [6.45, 7) is 20.2. The second kappa shape index (κ2) is 8.99. The zero-order chi connectivity index (χ0) is 28.7. The molecule has 1 aromatic heterocycles. The fourth-order valence-corrected chi connectivity index (χ4v) is 12.0. The lowest BCUT2D eigenvalue weighted by Crippen LogP contribution is -2.70. The van der Waals surface area contributed by atoms with Gasteiger partial charge >= 0.3 is 0 Å². The van der Waals surface area contributed by atoms with Gasteiger partial charge in [0, 0.05) is 12.1 Å². The first-order chi connectivity index (χ1) is 18.9. The van der Waals surface area contributed by atoms with Gasteiger partial charge in [-0.05, 0) is 124 Å². The van der Waals surface area contributed by atoms with Gasteiger partial charge in [0.05, 0.1) is 23.5 Å². The fraction of sp³-hybridized carbons (Fsp3) is 0.765. The maximum atomic E-state index is 11.7. The molecule has 1 aliphatic heterocycles. The third-order valence-electron chi connectivity index (χ3n) is 14.0. The smallest absolute Gasteiger partial charge is 0.235 e. The van der Waals surface area contributed by atoms with E-state index in [1.54, 1.807) is 12.4 Å². The van der Waals surface area contributed by atoms with Gasteiger partial charge in [0.2, 0.25) is 12.0 Å². The number of piperidine rings is 1. The number of aliphatic imine (C=N–C) groups is 1. The molecule has 6 nitrogen and oxygen atoms in total. The van der Waals surface area contributed by atoms with Crippen LogP contribution in [0.1, 0.15) is 105 Å². The van der Waals surface area contributed by atoms with Gasteiger partial charge in [-0.15, -0.1) is 0 Å². The highest BCUT2D eigenvalue weighted by atomic mass is 16.1. The Kier molecular flexibility index (Phi) is 6.22. The maximum absolute atomic E-state index is 11.7. The van der Waals surface area contributed by atoms with E-state index < -0.39 is 0 Å². The number of hydrogen-bond donors (Lipinski definition) is 0. The van der Waals surface area contributed by atoms with Crippen LogP contribution in [0.3, 0.4) is 0 Å². The minimum Gasteiger partial charge on any atom is -0.335 e. The molecule has 4 aliphatic carbocycles. The Balaban J connectivity index is 1.35. The first-order valence-corrected chi connectivity index (χ1v) is 15.6. The molecular formula is C34H47N5O. The van der Waals surface area contributed by atoms with E-state index in [4.69, 9.17) is 0 Å². The molecule has 0 N–H and O–H groups in total. The molecule has 2 heterocycles. The summed E-state index contributed by atoms with van der Waals surface area (Å²) >= 11 is 0. The van der Waals surface area contributed by atoms with Crippen LogP contribution in [0.5, 0.6) is 0 Å². The zero-order valence-corrected chi connectivity index (χ0v) is 25.5. The number of rotatable bonds is 3. The monoisotopic (exact) mass is 541 g/mol. The second-order valence-electron chi connectivity index (χ2n) is 15.4. The van der Waals surface area contributed by atoms with E-state index in [1.165, 1.54) is 31.3 Å². The Labute approximate surface area is 240 Å². The largest absolute Gasteiger partial charge is 0.335 e. The standard InChI is InChI=1S/C34H47N5O/c1-22(2)24-10-13-34(38-21-40)15-14-32(6)25(28(24)34)8-9-27-31(5)16-17-39(29-36-19-23(18-35)20-37-29)30(3,4)26(31)11-12-33(27,32)7/h19-20,24-28H,1,8-17H2,2-7H3/t24-,25?,26-,27+,28+,31-,32+,33+,34-/m0/s1. The summed E-state index contributed by atoms with van der Waals surface area (Å²) in [5.74, 6) is 3.41. The lowest BCUT2D eigenvalue weighted by molar-refractivity contribution is -0.219. The van der Waals surface area contributed by atoms with Gasteiger partial charge in [0.25, 0.3) is 0 Å². The van der Waals surface area contributed by atoms with Gasteiger partial charge in [-0.3, -0.25) is 0 Å². The maximum Gasteiger partial charge on any atom is 0.235 e. The number of nitrogens with zero attached hydrogens (tertiary/aromatic N) is 5. The van der Waals surface area contributed by atoms with Crippen molar-refractivity contribution in [3.05, 3.63) is 30.1 Å². The molecule has 214 valence electrons. The van der Waals surface area contributed by atoms with Crippen LogP contribution in [0.4, 0.5) is 5.95 Å². The molecule has 0 aromatic carbocycles. The average molecular weight is 542 g/mol. The molecule has 0 spiro atoms. The SMILES string of the molecule is C=C(C)[C@@H]1CC[C@]2(N=C=O)CC[C@]3(C)C(CC[C@@H]4[C@@]5(C)CCN(c6ncc(C#N)cn6)C(C)(C)[C@@H]5CC[C@]43C)[C@@H]12. The number of isocyanates is 1. The van der Waals surface area contributed by atoms with Crippen LogP contribution in [0.25, 0.3) is 0 Å². The number of aromatic nitrogens is 2. The van der Waals surface area contributed by atoms with Crippen LogP contribution in [0, 0.1) is 57.2 Å². The number of allylic oxidation sites excluding steroid dienone is 1. The topological polar surface area (TPSA) is 82.2 Å². The minimum atomic E-state index is -0.228. The highest BCUT2D eigenvalue weighted by Gasteiger charge is 2.71. The van der Waals surface area contributed by atoms with Crippen LogP contribution in [-0.2, 0) is 4.79 Å². The number of anilines is 1. The van der Waals surface area contributed by atoms with E-state index in [2.05, 4.69) is 74.1 Å². The van der Waals surface area contributed by atoms with Gasteiger partial charge in [-0.25, -0.2) is 14.8 Å². The first-order valence-electron chi connectivity index (χ1n) is 15.6. The van der Waals surface area contributed by atoms with Crippen LogP contribution in [0.2, 0.25) is 0 Å². The third kappa shape index (κ3) is 3.46. The van der Waals surface area contributed by atoms with Crippen molar-refractivity contribution in [1.82, 2.24) is 9.97 Å². The summed E-state index contributed by atoms with van der Waals surface area (Å²) in [5.41, 5.74) is 2.21. The fourth-order valence-electron chi connectivity index (χ4n) is 12.0. The summed E-state index contributed by atoms with van der Waals surface area (Å²) < 4.78 is 0. The first kappa shape index (κ1) is 27.6. The van der Waals surface area contributed by atoms with Gasteiger partial charge < -0.3 is 4.90 Å². The van der Waals surface area contributed by atoms with Gasteiger partial charge in [-0.2, -0.15) is 10.3 Å². The summed E-state index contributed by atoms with van der Waals surface area (Å²) in [6, 6.07) is 2.15. The van der Waals surface area contributed by atoms with E-state index in [0.29, 0.717) is 35.2 Å². The van der Waals surface area contributed by atoms with Crippen molar-refractivity contribution in [2.75, 3.05) is 11.4 Å². The lowest BCUT2D eigenvalue weighted by atomic mass is 9.33. The van der Waals surface area contributed by atoms with Crippen LogP contribution >= 0.6 is 0 Å². The van der Waals surface area contributed by atoms with Crippen LogP contribution in [0.15, 0.2) is 29.5 Å². The highest BCUT2D eigenvalue weighted by Crippen LogP contribution is 2.76. The summed E-state index contributed by atoms with van der Waals surface area (Å²) in [5, 5.41) is 9.23. The number of hydrogen-bond acceptors (Lipinski definition) is 6. The van der Waals surface area contributed by atoms with E-state index in [1.807, 2.05) is 6.08 Å². The Morgan fingerprint density at radius 3 is 2.35 bits per heavy atom. The summed E-state index contributed by atoms with van der Waals surface area (Å²) in [7, 11) is 0. The molecule has 1 saturated heterocycles. The summed E-state index contributed by atoms with van der Waals surface area (Å²) in [4.78, 5) is 28.0. The Morgan fingerprint density at radius 1 is 0.975 bits per heavy atom. The predicted molar refractivity (Wildman–Crippen MR) is 157 cm³/mol. The van der Waals surface area contributed by atoms with Gasteiger partial charge in [0.1, 0.15) is 6.07 Å². The van der Waals surface area contributed by atoms with Crippen molar-refractivity contribution < 1.29 is 4.79 Å². The van der Waals surface area contributed by atoms with Crippen molar-refractivity contribution in [3.8, 4) is 6.07 Å². The molecule has 0 radical (unpaired) electrons. The molecule has 5 aliphatic rings. The molecule has 5 fully saturated rings.